The maximum Gasteiger partial charge on any atom is 0.408 e. The Hall–Kier alpha value is -1.47. The van der Waals surface area contributed by atoms with Gasteiger partial charge in [-0.05, 0) is 25.1 Å². The molecule has 2 N–H and O–H groups in total. The summed E-state index contributed by atoms with van der Waals surface area (Å²) in [5.41, 5.74) is 0. The van der Waals surface area contributed by atoms with E-state index in [2.05, 4.69) is 62.9 Å². The number of aliphatic hydroxyl groups excluding tert-OH is 1. The Labute approximate surface area is 140 Å². The Morgan fingerprint density at radius 1 is 1.43 bits per heavy atom. The van der Waals surface area contributed by atoms with E-state index in [4.69, 9.17) is 14.3 Å². The zero-order valence-corrected chi connectivity index (χ0v) is 15.8. The summed E-state index contributed by atoms with van der Waals surface area (Å²) in [6.07, 6.45) is -1.25. The van der Waals surface area contributed by atoms with Crippen LogP contribution in [0, 0.1) is 23.7 Å². The number of rotatable bonds is 4. The molecule has 3 atom stereocenters. The number of hydrogen-bond acceptors (Lipinski definition) is 4. The molecule has 0 unspecified atom stereocenters. The van der Waals surface area contributed by atoms with Crippen LogP contribution in [-0.4, -0.2) is 44.4 Å². The van der Waals surface area contributed by atoms with E-state index in [1.54, 1.807) is 6.92 Å². The molecule has 128 valence electrons. The molecule has 0 saturated carbocycles. The van der Waals surface area contributed by atoms with Gasteiger partial charge in [-0.1, -0.05) is 38.5 Å². The first-order chi connectivity index (χ1) is 10.6. The summed E-state index contributed by atoms with van der Waals surface area (Å²) in [5, 5.41) is 11.5. The summed E-state index contributed by atoms with van der Waals surface area (Å²) in [5.74, 6) is 11.6. The number of aliphatic hydroxyl groups is 1. The molecule has 1 aliphatic rings. The monoisotopic (exact) mass is 337 g/mol. The van der Waals surface area contributed by atoms with Crippen molar-refractivity contribution in [2.24, 2.45) is 0 Å². The van der Waals surface area contributed by atoms with Gasteiger partial charge in [0.15, 0.2) is 14.4 Å². The van der Waals surface area contributed by atoms with Gasteiger partial charge >= 0.3 is 6.09 Å². The van der Waals surface area contributed by atoms with Crippen molar-refractivity contribution < 1.29 is 19.1 Å². The van der Waals surface area contributed by atoms with Gasteiger partial charge in [0.2, 0.25) is 0 Å². The first kappa shape index (κ1) is 19.6. The first-order valence-electron chi connectivity index (χ1n) is 7.79. The Bertz CT molecular complexity index is 545. The second-order valence-corrected chi connectivity index (χ2v) is 11.7. The van der Waals surface area contributed by atoms with Crippen molar-refractivity contribution in [1.82, 2.24) is 5.32 Å². The Balaban J connectivity index is 3.01. The fourth-order valence-electron chi connectivity index (χ4n) is 1.84. The molecule has 1 heterocycles. The van der Waals surface area contributed by atoms with Crippen molar-refractivity contribution in [2.45, 2.75) is 70.5 Å². The van der Waals surface area contributed by atoms with E-state index in [1.807, 2.05) is 0 Å². The van der Waals surface area contributed by atoms with Crippen LogP contribution in [0.1, 0.15) is 34.1 Å². The number of nitrogens with one attached hydrogen (secondary N) is 1. The number of cyclic esters (lactones) is 1. The lowest BCUT2D eigenvalue weighted by Gasteiger charge is -2.39. The van der Waals surface area contributed by atoms with E-state index in [1.165, 1.54) is 0 Å². The maximum absolute atomic E-state index is 11.6. The summed E-state index contributed by atoms with van der Waals surface area (Å²) in [6, 6.07) is -0.482. The van der Waals surface area contributed by atoms with Crippen LogP contribution in [0.4, 0.5) is 4.79 Å². The van der Waals surface area contributed by atoms with Gasteiger partial charge in [0, 0.05) is 6.42 Å². The number of amides is 1. The highest BCUT2D eigenvalue weighted by atomic mass is 28.4. The van der Waals surface area contributed by atoms with Gasteiger partial charge in [0.05, 0.1) is 6.61 Å². The second-order valence-electron chi connectivity index (χ2n) is 6.98. The molecule has 1 rings (SSSR count). The maximum atomic E-state index is 11.6. The summed E-state index contributed by atoms with van der Waals surface area (Å²) in [7, 11) is -2.07. The zero-order chi connectivity index (χ0) is 17.7. The van der Waals surface area contributed by atoms with Crippen LogP contribution in [0.15, 0.2) is 0 Å². The minimum Gasteiger partial charge on any atom is -0.439 e. The van der Waals surface area contributed by atoms with Crippen molar-refractivity contribution >= 4 is 14.4 Å². The van der Waals surface area contributed by atoms with Crippen LogP contribution in [0.2, 0.25) is 18.1 Å². The molecule has 0 spiro atoms. The summed E-state index contributed by atoms with van der Waals surface area (Å²) < 4.78 is 11.7. The number of carbonyl (C=O) groups is 1. The fourth-order valence-corrected chi connectivity index (χ4v) is 3.02. The molecule has 23 heavy (non-hydrogen) atoms. The number of ether oxygens (including phenoxy) is 1. The predicted octanol–water partition coefficient (Wildman–Crippen LogP) is 2.26. The third-order valence-corrected chi connectivity index (χ3v) is 8.61. The van der Waals surface area contributed by atoms with Crippen LogP contribution < -0.4 is 5.32 Å². The standard InChI is InChI=1S/C17H27NO4Si/c1-7-10-14(22-23(5,6)17(2,3)4)15-13(11-8-9-12-19)18-16(20)21-15/h13-15,19H,9,12H2,1-6H3,(H,18,20)/t13-,14-,15-/m0/s1. The lowest BCUT2D eigenvalue weighted by Crippen LogP contribution is -2.49. The highest BCUT2D eigenvalue weighted by Gasteiger charge is 2.45. The van der Waals surface area contributed by atoms with Gasteiger partial charge in [0.1, 0.15) is 12.1 Å². The van der Waals surface area contributed by atoms with E-state index in [-0.39, 0.29) is 11.6 Å². The van der Waals surface area contributed by atoms with E-state index < -0.39 is 32.7 Å². The van der Waals surface area contributed by atoms with E-state index in [9.17, 15) is 4.79 Å². The number of carbonyl (C=O) groups excluding carboxylic acids is 1. The third-order valence-electron chi connectivity index (χ3n) is 4.15. The molecule has 1 amide bonds. The lowest BCUT2D eigenvalue weighted by molar-refractivity contribution is 0.0623. The van der Waals surface area contributed by atoms with Gasteiger partial charge < -0.3 is 19.6 Å². The Morgan fingerprint density at radius 2 is 2.09 bits per heavy atom. The minimum absolute atomic E-state index is 0.0160. The van der Waals surface area contributed by atoms with Crippen molar-refractivity contribution in [3.8, 4) is 23.7 Å². The largest absolute Gasteiger partial charge is 0.439 e. The number of hydrogen-bond donors (Lipinski definition) is 2. The zero-order valence-electron chi connectivity index (χ0n) is 14.8. The van der Waals surface area contributed by atoms with Crippen LogP contribution in [-0.2, 0) is 9.16 Å². The molecule has 0 aromatic carbocycles. The molecule has 5 nitrogen and oxygen atoms in total. The average molecular weight is 337 g/mol. The van der Waals surface area contributed by atoms with Gasteiger partial charge in [-0.25, -0.2) is 4.79 Å². The molecule has 1 aliphatic heterocycles. The van der Waals surface area contributed by atoms with E-state index in [0.29, 0.717) is 6.42 Å². The van der Waals surface area contributed by atoms with Crippen LogP contribution in [0.3, 0.4) is 0 Å². The smallest absolute Gasteiger partial charge is 0.408 e. The molecule has 0 aromatic rings. The minimum atomic E-state index is -2.07. The van der Waals surface area contributed by atoms with Crippen LogP contribution >= 0.6 is 0 Å². The molecule has 1 fully saturated rings. The SMILES string of the molecule is CC#C[C@H](O[Si](C)(C)C(C)(C)C)[C@H]1OC(=O)N[C@H]1C#CCCO. The topological polar surface area (TPSA) is 67.8 Å². The number of alkyl carbamates (subject to hydrolysis) is 1. The molecule has 0 radical (unpaired) electrons. The molecular weight excluding hydrogens is 310 g/mol. The van der Waals surface area contributed by atoms with Gasteiger partial charge in [0.25, 0.3) is 0 Å². The van der Waals surface area contributed by atoms with Crippen molar-refractivity contribution in [3.63, 3.8) is 0 Å². The van der Waals surface area contributed by atoms with Crippen LogP contribution in [0.25, 0.3) is 0 Å². The lowest BCUT2D eigenvalue weighted by atomic mass is 10.1. The highest BCUT2D eigenvalue weighted by Crippen LogP contribution is 2.38. The first-order valence-corrected chi connectivity index (χ1v) is 10.7. The summed E-state index contributed by atoms with van der Waals surface area (Å²) in [6.45, 7) is 12.4. The molecule has 0 bridgehead atoms. The van der Waals surface area contributed by atoms with Crippen LogP contribution in [0.5, 0.6) is 0 Å². The van der Waals surface area contributed by atoms with E-state index >= 15 is 0 Å². The Kier molecular flexibility index (Phi) is 6.70. The predicted molar refractivity (Wildman–Crippen MR) is 92.2 cm³/mol. The van der Waals surface area contributed by atoms with Gasteiger partial charge in [-0.15, -0.1) is 5.92 Å². The second kappa shape index (κ2) is 7.87. The van der Waals surface area contributed by atoms with Gasteiger partial charge in [-0.3, -0.25) is 0 Å². The molecule has 6 heteroatoms. The third kappa shape index (κ3) is 5.28. The average Bonchev–Trinajstić information content (AvgIpc) is 2.78. The van der Waals surface area contributed by atoms with Gasteiger partial charge in [-0.2, -0.15) is 0 Å². The molecule has 0 aromatic heterocycles. The van der Waals surface area contributed by atoms with E-state index in [0.717, 1.165) is 0 Å². The normalized spacial score (nSPS) is 22.1. The summed E-state index contributed by atoms with van der Waals surface area (Å²) in [4.78, 5) is 11.6. The molecular formula is C17H27NO4Si. The molecule has 1 saturated heterocycles. The van der Waals surface area contributed by atoms with Crippen molar-refractivity contribution in [1.29, 1.82) is 0 Å². The Morgan fingerprint density at radius 3 is 2.61 bits per heavy atom. The van der Waals surface area contributed by atoms with Crippen molar-refractivity contribution in [3.05, 3.63) is 0 Å². The summed E-state index contributed by atoms with van der Waals surface area (Å²) >= 11 is 0. The highest BCUT2D eigenvalue weighted by molar-refractivity contribution is 6.74. The quantitative estimate of drug-likeness (QED) is 0.610. The molecule has 0 aliphatic carbocycles. The van der Waals surface area contributed by atoms with Crippen molar-refractivity contribution in [2.75, 3.05) is 6.61 Å². The fraction of sp³-hybridized carbons (Fsp3) is 0.706.